The van der Waals surface area contributed by atoms with E-state index < -0.39 is 11.7 Å². The maximum Gasteiger partial charge on any atom is 0.257 e. The van der Waals surface area contributed by atoms with Crippen molar-refractivity contribution < 1.29 is 23.5 Å². The molecule has 7 nitrogen and oxygen atoms in total. The molecule has 0 radical (unpaired) electrons. The van der Waals surface area contributed by atoms with Gasteiger partial charge in [0.25, 0.3) is 5.91 Å². The summed E-state index contributed by atoms with van der Waals surface area (Å²) in [6.07, 6.45) is 0. The van der Waals surface area contributed by atoms with Crippen LogP contribution in [-0.4, -0.2) is 41.9 Å². The summed E-state index contributed by atoms with van der Waals surface area (Å²) < 4.78 is 23.8. The van der Waals surface area contributed by atoms with Crippen LogP contribution in [0.2, 0.25) is 0 Å². The highest BCUT2D eigenvalue weighted by atomic mass is 32.2. The molecule has 0 aliphatic heterocycles. The number of anilines is 1. The van der Waals surface area contributed by atoms with Gasteiger partial charge in [-0.1, -0.05) is 23.1 Å². The summed E-state index contributed by atoms with van der Waals surface area (Å²) in [5.74, 6) is 0.162. The fourth-order valence-electron chi connectivity index (χ4n) is 2.27. The van der Waals surface area contributed by atoms with E-state index in [1.807, 2.05) is 0 Å². The summed E-state index contributed by atoms with van der Waals surface area (Å²) in [6, 6.07) is 10.2. The number of aromatic nitrogens is 2. The molecule has 2 aromatic carbocycles. The van der Waals surface area contributed by atoms with Crippen LogP contribution in [0.25, 0.3) is 0 Å². The standard InChI is InChI=1S/C19H16FN3O4S2/c1-26-14-7-12(8-15(9-14)27-2)17(25)21-18-22-23-19(29-18)28-10-16(24)11-3-5-13(20)6-4-11/h3-9H,10H2,1-2H3,(H,21,22,25). The lowest BCUT2D eigenvalue weighted by Crippen LogP contribution is -2.12. The molecule has 0 saturated heterocycles. The zero-order valence-electron chi connectivity index (χ0n) is 15.5. The Kier molecular flexibility index (Phi) is 6.78. The molecule has 1 amide bonds. The van der Waals surface area contributed by atoms with Gasteiger partial charge < -0.3 is 9.47 Å². The predicted octanol–water partition coefficient (Wildman–Crippen LogP) is 3.92. The number of amides is 1. The van der Waals surface area contributed by atoms with E-state index in [0.717, 1.165) is 11.3 Å². The number of nitrogens with zero attached hydrogens (tertiary/aromatic N) is 2. The lowest BCUT2D eigenvalue weighted by Gasteiger charge is -2.07. The van der Waals surface area contributed by atoms with Gasteiger partial charge in [-0.15, -0.1) is 10.2 Å². The Morgan fingerprint density at radius 3 is 2.31 bits per heavy atom. The first-order chi connectivity index (χ1) is 14.0. The summed E-state index contributed by atoms with van der Waals surface area (Å²) in [7, 11) is 3.00. The topological polar surface area (TPSA) is 90.4 Å². The van der Waals surface area contributed by atoms with Gasteiger partial charge in [-0.3, -0.25) is 14.9 Å². The number of methoxy groups -OCH3 is 2. The number of hydrogen-bond donors (Lipinski definition) is 1. The summed E-state index contributed by atoms with van der Waals surface area (Å²) in [6.45, 7) is 0. The van der Waals surface area contributed by atoms with Gasteiger partial charge in [-0.2, -0.15) is 0 Å². The lowest BCUT2D eigenvalue weighted by molar-refractivity contribution is 0.101. The molecule has 1 aromatic heterocycles. The first kappa shape index (κ1) is 20.7. The molecule has 29 heavy (non-hydrogen) atoms. The van der Waals surface area contributed by atoms with Gasteiger partial charge in [0.15, 0.2) is 10.1 Å². The monoisotopic (exact) mass is 433 g/mol. The minimum atomic E-state index is -0.396. The van der Waals surface area contributed by atoms with Crippen LogP contribution in [0, 0.1) is 5.82 Å². The molecule has 0 fully saturated rings. The molecule has 3 aromatic rings. The molecule has 1 N–H and O–H groups in total. The first-order valence-electron chi connectivity index (χ1n) is 8.28. The minimum Gasteiger partial charge on any atom is -0.497 e. The van der Waals surface area contributed by atoms with E-state index in [-0.39, 0.29) is 11.5 Å². The van der Waals surface area contributed by atoms with E-state index in [1.165, 1.54) is 50.2 Å². The largest absolute Gasteiger partial charge is 0.497 e. The number of carbonyl (C=O) groups excluding carboxylic acids is 2. The Labute approximate surface area is 174 Å². The Balaban J connectivity index is 1.60. The number of halogens is 1. The number of ketones is 1. The van der Waals surface area contributed by atoms with Crippen molar-refractivity contribution in [2.45, 2.75) is 4.34 Å². The average molecular weight is 433 g/mol. The summed E-state index contributed by atoms with van der Waals surface area (Å²) in [5, 5.41) is 10.8. The normalized spacial score (nSPS) is 10.4. The maximum atomic E-state index is 12.9. The summed E-state index contributed by atoms with van der Waals surface area (Å²) in [5.41, 5.74) is 0.765. The van der Waals surface area contributed by atoms with Crippen LogP contribution in [0.4, 0.5) is 9.52 Å². The van der Waals surface area contributed by atoms with Crippen LogP contribution in [0.1, 0.15) is 20.7 Å². The Morgan fingerprint density at radius 2 is 1.69 bits per heavy atom. The fraction of sp³-hybridized carbons (Fsp3) is 0.158. The zero-order chi connectivity index (χ0) is 20.8. The Hall–Kier alpha value is -2.98. The molecule has 0 atom stereocenters. The van der Waals surface area contributed by atoms with Crippen LogP contribution >= 0.6 is 23.1 Å². The molecule has 10 heteroatoms. The highest BCUT2D eigenvalue weighted by molar-refractivity contribution is 8.01. The molecule has 1 heterocycles. The molecular formula is C19H16FN3O4S2. The second kappa shape index (κ2) is 9.48. The van der Waals surface area contributed by atoms with Crippen molar-refractivity contribution >= 4 is 39.9 Å². The van der Waals surface area contributed by atoms with Crippen molar-refractivity contribution in [2.75, 3.05) is 25.3 Å². The van der Waals surface area contributed by atoms with Crippen LogP contribution in [-0.2, 0) is 0 Å². The number of hydrogen-bond acceptors (Lipinski definition) is 8. The molecule has 3 rings (SSSR count). The van der Waals surface area contributed by atoms with Gasteiger partial charge in [0.05, 0.1) is 20.0 Å². The molecular weight excluding hydrogens is 417 g/mol. The van der Waals surface area contributed by atoms with Crippen LogP contribution in [0.3, 0.4) is 0 Å². The molecule has 0 spiro atoms. The van der Waals surface area contributed by atoms with Crippen molar-refractivity contribution in [1.82, 2.24) is 10.2 Å². The van der Waals surface area contributed by atoms with Gasteiger partial charge in [-0.05, 0) is 36.4 Å². The van der Waals surface area contributed by atoms with E-state index in [9.17, 15) is 14.0 Å². The van der Waals surface area contributed by atoms with E-state index in [1.54, 1.807) is 18.2 Å². The molecule has 150 valence electrons. The van der Waals surface area contributed by atoms with Crippen molar-refractivity contribution in [3.63, 3.8) is 0 Å². The number of carbonyl (C=O) groups is 2. The second-order valence-electron chi connectivity index (χ2n) is 5.65. The van der Waals surface area contributed by atoms with E-state index in [0.29, 0.717) is 32.1 Å². The number of ether oxygens (including phenoxy) is 2. The Bertz CT molecular complexity index is 1000. The third-order valence-electron chi connectivity index (χ3n) is 3.73. The predicted molar refractivity (Wildman–Crippen MR) is 109 cm³/mol. The molecule has 0 unspecified atom stereocenters. The highest BCUT2D eigenvalue weighted by Crippen LogP contribution is 2.27. The van der Waals surface area contributed by atoms with Gasteiger partial charge >= 0.3 is 0 Å². The lowest BCUT2D eigenvalue weighted by atomic mass is 10.1. The minimum absolute atomic E-state index is 0.126. The van der Waals surface area contributed by atoms with Gasteiger partial charge in [0, 0.05) is 17.2 Å². The SMILES string of the molecule is COc1cc(OC)cc(C(=O)Nc2nnc(SCC(=O)c3ccc(F)cc3)s2)c1. The zero-order valence-corrected chi connectivity index (χ0v) is 17.1. The first-order valence-corrected chi connectivity index (χ1v) is 10.1. The van der Waals surface area contributed by atoms with E-state index >= 15 is 0 Å². The summed E-state index contributed by atoms with van der Waals surface area (Å²) in [4.78, 5) is 24.6. The molecule has 0 aliphatic carbocycles. The quantitative estimate of drug-likeness (QED) is 0.327. The number of Topliss-reactive ketones (excluding diaryl/α,β-unsaturated/α-hetero) is 1. The molecule has 0 bridgehead atoms. The Morgan fingerprint density at radius 1 is 1.03 bits per heavy atom. The number of benzene rings is 2. The fourth-order valence-corrected chi connectivity index (χ4v) is 3.91. The second-order valence-corrected chi connectivity index (χ2v) is 7.85. The van der Waals surface area contributed by atoms with Crippen LogP contribution in [0.5, 0.6) is 11.5 Å². The van der Waals surface area contributed by atoms with E-state index in [4.69, 9.17) is 9.47 Å². The number of nitrogens with one attached hydrogen (secondary N) is 1. The smallest absolute Gasteiger partial charge is 0.257 e. The highest BCUT2D eigenvalue weighted by Gasteiger charge is 2.14. The van der Waals surface area contributed by atoms with Gasteiger partial charge in [0.2, 0.25) is 5.13 Å². The van der Waals surface area contributed by atoms with Crippen LogP contribution in [0.15, 0.2) is 46.8 Å². The molecule has 0 aliphatic rings. The average Bonchev–Trinajstić information content (AvgIpc) is 3.19. The van der Waals surface area contributed by atoms with Gasteiger partial charge in [0.1, 0.15) is 17.3 Å². The third-order valence-corrected chi connectivity index (χ3v) is 5.71. The number of thioether (sulfide) groups is 1. The molecule has 0 saturated carbocycles. The van der Waals surface area contributed by atoms with Crippen molar-refractivity contribution in [3.8, 4) is 11.5 Å². The van der Waals surface area contributed by atoms with Crippen molar-refractivity contribution in [3.05, 3.63) is 59.4 Å². The van der Waals surface area contributed by atoms with Crippen LogP contribution < -0.4 is 14.8 Å². The summed E-state index contributed by atoms with van der Waals surface area (Å²) >= 11 is 2.34. The van der Waals surface area contributed by atoms with Gasteiger partial charge in [-0.25, -0.2) is 4.39 Å². The number of rotatable bonds is 8. The third kappa shape index (κ3) is 5.52. The van der Waals surface area contributed by atoms with Crippen molar-refractivity contribution in [2.24, 2.45) is 0 Å². The van der Waals surface area contributed by atoms with Crippen molar-refractivity contribution in [1.29, 1.82) is 0 Å². The maximum absolute atomic E-state index is 12.9. The van der Waals surface area contributed by atoms with E-state index in [2.05, 4.69) is 15.5 Å².